The van der Waals surface area contributed by atoms with Crippen LogP contribution in [0.25, 0.3) is 78.3 Å². The minimum Gasteiger partial charge on any atom is -0.208 e. The average Bonchev–Trinajstić information content (AvgIpc) is 3.63. The van der Waals surface area contributed by atoms with E-state index in [0.717, 1.165) is 27.8 Å². The Morgan fingerprint density at radius 3 is 1.23 bits per heavy atom. The van der Waals surface area contributed by atoms with Crippen LogP contribution in [-0.4, -0.2) is 15.0 Å². The summed E-state index contributed by atoms with van der Waals surface area (Å²) < 4.78 is 0. The van der Waals surface area contributed by atoms with Gasteiger partial charge in [-0.2, -0.15) is 0 Å². The van der Waals surface area contributed by atoms with Gasteiger partial charge in [-0.1, -0.05) is 208 Å². The molecule has 3 nitrogen and oxygen atoms in total. The molecule has 2 aliphatic carbocycles. The summed E-state index contributed by atoms with van der Waals surface area (Å²) in [6.45, 7) is 4.76. The van der Waals surface area contributed by atoms with Crippen molar-refractivity contribution in [3.05, 3.63) is 246 Å². The minimum atomic E-state index is -0.390. The van der Waals surface area contributed by atoms with Crippen molar-refractivity contribution in [3.8, 4) is 67.5 Å². The van der Waals surface area contributed by atoms with E-state index in [2.05, 4.69) is 166 Å². The molecule has 1 aromatic heterocycles. The van der Waals surface area contributed by atoms with E-state index >= 15 is 0 Å². The monoisotopic (exact) mass is 791 g/mol. The lowest BCUT2D eigenvalue weighted by atomic mass is 9.55. The fourth-order valence-electron chi connectivity index (χ4n) is 10.4. The van der Waals surface area contributed by atoms with Crippen LogP contribution in [-0.2, 0) is 10.8 Å². The van der Waals surface area contributed by atoms with E-state index in [9.17, 15) is 0 Å². The Bertz CT molecular complexity index is 3260. The second-order valence-electron chi connectivity index (χ2n) is 17.2. The molecule has 0 aliphatic heterocycles. The van der Waals surface area contributed by atoms with Gasteiger partial charge in [-0.15, -0.1) is 0 Å². The predicted molar refractivity (Wildman–Crippen MR) is 254 cm³/mol. The molecule has 0 saturated carbocycles. The predicted octanol–water partition coefficient (Wildman–Crippen LogP) is 14.4. The van der Waals surface area contributed by atoms with Crippen molar-refractivity contribution in [2.75, 3.05) is 0 Å². The van der Waals surface area contributed by atoms with Crippen molar-refractivity contribution in [2.45, 2.75) is 24.7 Å². The number of benzene rings is 9. The molecule has 62 heavy (non-hydrogen) atoms. The van der Waals surface area contributed by atoms with Crippen LogP contribution in [0.5, 0.6) is 0 Å². The molecule has 0 unspecified atom stereocenters. The van der Waals surface area contributed by atoms with E-state index in [1.807, 2.05) is 60.7 Å². The van der Waals surface area contributed by atoms with Gasteiger partial charge in [0.2, 0.25) is 0 Å². The first-order chi connectivity index (χ1) is 30.5. The number of fused-ring (bicyclic) bond motifs is 10. The third-order valence-corrected chi connectivity index (χ3v) is 13.4. The summed E-state index contributed by atoms with van der Waals surface area (Å²) in [6.07, 6.45) is 0. The highest BCUT2D eigenvalue weighted by Gasteiger charge is 2.53. The van der Waals surface area contributed by atoms with Crippen molar-refractivity contribution >= 4 is 10.8 Å². The molecule has 0 bridgehead atoms. The van der Waals surface area contributed by atoms with E-state index in [1.165, 1.54) is 66.4 Å². The first-order valence-electron chi connectivity index (χ1n) is 21.4. The second kappa shape index (κ2) is 13.9. The van der Waals surface area contributed by atoms with Gasteiger partial charge in [0.1, 0.15) is 0 Å². The lowest BCUT2D eigenvalue weighted by molar-refractivity contribution is 0.563. The van der Waals surface area contributed by atoms with Gasteiger partial charge >= 0.3 is 0 Å². The third-order valence-electron chi connectivity index (χ3n) is 13.4. The summed E-state index contributed by atoms with van der Waals surface area (Å²) in [5.74, 6) is 1.96. The van der Waals surface area contributed by atoms with Crippen LogP contribution in [0.1, 0.15) is 47.2 Å². The molecule has 0 atom stereocenters. The van der Waals surface area contributed by atoms with E-state index in [-0.39, 0.29) is 10.8 Å². The Morgan fingerprint density at radius 1 is 0.274 bits per heavy atom. The molecule has 1 spiro atoms. The normalized spacial score (nSPS) is 13.9. The summed E-state index contributed by atoms with van der Waals surface area (Å²) in [5, 5.41) is 2.42. The molecule has 0 radical (unpaired) electrons. The zero-order valence-corrected chi connectivity index (χ0v) is 34.5. The highest BCUT2D eigenvalue weighted by Crippen LogP contribution is 2.62. The quantitative estimate of drug-likeness (QED) is 0.174. The second-order valence-corrected chi connectivity index (χ2v) is 17.2. The van der Waals surface area contributed by atoms with Crippen LogP contribution in [0.2, 0.25) is 0 Å². The molecule has 2 aliphatic rings. The summed E-state index contributed by atoms with van der Waals surface area (Å²) in [7, 11) is 0. The fraction of sp³-hybridized carbons (Fsp3) is 0.0678. The molecular formula is C59H41N3. The molecule has 0 amide bonds. The molecule has 10 aromatic rings. The van der Waals surface area contributed by atoms with Gasteiger partial charge in [-0.25, -0.2) is 15.0 Å². The summed E-state index contributed by atoms with van der Waals surface area (Å²) in [4.78, 5) is 14.8. The number of hydrogen-bond acceptors (Lipinski definition) is 3. The average molecular weight is 792 g/mol. The summed E-state index contributed by atoms with van der Waals surface area (Å²) in [6, 6.07) is 77.0. The van der Waals surface area contributed by atoms with Gasteiger partial charge in [0, 0.05) is 22.1 Å². The zero-order chi connectivity index (χ0) is 41.4. The van der Waals surface area contributed by atoms with Crippen LogP contribution >= 0.6 is 0 Å². The lowest BCUT2D eigenvalue weighted by Crippen LogP contribution is -2.40. The van der Waals surface area contributed by atoms with Crippen molar-refractivity contribution in [1.82, 2.24) is 15.0 Å². The molecule has 3 heteroatoms. The topological polar surface area (TPSA) is 38.7 Å². The Balaban J connectivity index is 0.920. The smallest absolute Gasteiger partial charge is 0.164 e. The van der Waals surface area contributed by atoms with Crippen LogP contribution in [0.4, 0.5) is 0 Å². The molecule has 0 saturated heterocycles. The van der Waals surface area contributed by atoms with Crippen molar-refractivity contribution in [3.63, 3.8) is 0 Å². The van der Waals surface area contributed by atoms with Crippen LogP contribution in [0.15, 0.2) is 212 Å². The lowest BCUT2D eigenvalue weighted by Gasteiger charge is -2.46. The van der Waals surface area contributed by atoms with Gasteiger partial charge in [0.05, 0.1) is 5.41 Å². The Kier molecular flexibility index (Phi) is 8.10. The number of aromatic nitrogens is 3. The first kappa shape index (κ1) is 36.1. The SMILES string of the molecule is CC1(C)c2ccccc2C2(c3ccccc3-c3cc(-c4ccc5ccc(-c6ccc(-c7nc(-c8ccccc8)nc(-c8ccccc8)n7)cc6)cc5c4)ccc32)c2ccccc21. The Morgan fingerprint density at radius 2 is 0.661 bits per heavy atom. The molecule has 1 heterocycles. The highest BCUT2D eigenvalue weighted by molar-refractivity contribution is 5.94. The molecule has 0 N–H and O–H groups in total. The summed E-state index contributed by atoms with van der Waals surface area (Å²) in [5.41, 5.74) is 18.0. The van der Waals surface area contributed by atoms with Crippen LogP contribution in [0.3, 0.4) is 0 Å². The third kappa shape index (κ3) is 5.48. The number of rotatable bonds is 5. The van der Waals surface area contributed by atoms with Gasteiger partial charge in [0.25, 0.3) is 0 Å². The number of hydrogen-bond donors (Lipinski definition) is 0. The summed E-state index contributed by atoms with van der Waals surface area (Å²) >= 11 is 0. The molecule has 9 aromatic carbocycles. The molecular weight excluding hydrogens is 751 g/mol. The zero-order valence-electron chi connectivity index (χ0n) is 34.5. The molecule has 292 valence electrons. The van der Waals surface area contributed by atoms with Crippen molar-refractivity contribution in [1.29, 1.82) is 0 Å². The molecule has 12 rings (SSSR count). The maximum Gasteiger partial charge on any atom is 0.164 e. The standard InChI is InChI=1S/C59H41N3/c1-58(2)51-21-11-13-23-53(51)59(54-24-14-12-22-52(54)58)49-20-10-9-19-47(49)48-37-45(33-34-50(48)59)44-32-28-39-27-31-43(35-46(39)36-44)38-25-29-42(30-26-38)57-61-55(40-15-5-3-6-16-40)60-56(62-57)41-17-7-4-8-18-41/h3-37H,1-2H3. The first-order valence-corrected chi connectivity index (χ1v) is 21.4. The highest BCUT2D eigenvalue weighted by atomic mass is 15.0. The Labute approximate surface area is 362 Å². The van der Waals surface area contributed by atoms with E-state index in [4.69, 9.17) is 15.0 Å². The maximum atomic E-state index is 4.94. The largest absolute Gasteiger partial charge is 0.208 e. The van der Waals surface area contributed by atoms with Gasteiger partial charge in [0.15, 0.2) is 17.5 Å². The van der Waals surface area contributed by atoms with Gasteiger partial charge in [-0.05, 0) is 95.7 Å². The van der Waals surface area contributed by atoms with Crippen LogP contribution < -0.4 is 0 Å². The van der Waals surface area contributed by atoms with Crippen molar-refractivity contribution in [2.24, 2.45) is 0 Å². The minimum absolute atomic E-state index is 0.116. The van der Waals surface area contributed by atoms with Gasteiger partial charge in [-0.3, -0.25) is 0 Å². The molecule has 0 fully saturated rings. The van der Waals surface area contributed by atoms with Gasteiger partial charge < -0.3 is 0 Å². The Hall–Kier alpha value is -7.75. The van der Waals surface area contributed by atoms with E-state index in [0.29, 0.717) is 17.5 Å². The maximum absolute atomic E-state index is 4.94. The van der Waals surface area contributed by atoms with E-state index < -0.39 is 0 Å². The number of nitrogens with zero attached hydrogens (tertiary/aromatic N) is 3. The fourth-order valence-corrected chi connectivity index (χ4v) is 10.4. The van der Waals surface area contributed by atoms with Crippen molar-refractivity contribution < 1.29 is 0 Å². The van der Waals surface area contributed by atoms with Crippen LogP contribution in [0, 0.1) is 0 Å². The van der Waals surface area contributed by atoms with E-state index in [1.54, 1.807) is 0 Å².